The van der Waals surface area contributed by atoms with Gasteiger partial charge < -0.3 is 85.3 Å². The highest BCUT2D eigenvalue weighted by Gasteiger charge is 2.53. The number of methoxy groups -OCH3 is 12. The van der Waals surface area contributed by atoms with Crippen molar-refractivity contribution in [2.75, 3.05) is 85.3 Å². The van der Waals surface area contributed by atoms with Gasteiger partial charge in [0.15, 0.2) is 65.0 Å². The number of hydrogen-bond acceptors (Lipinski definition) is 21. The zero-order valence-corrected chi connectivity index (χ0v) is 49.4. The van der Waals surface area contributed by atoms with Crippen LogP contribution in [0.1, 0.15) is 95.4 Å². The van der Waals surface area contributed by atoms with Gasteiger partial charge >= 0.3 is 17.9 Å². The smallest absolute Gasteiger partial charge is 0.303 e. The Balaban J connectivity index is 1.43. The molecule has 0 fully saturated rings. The summed E-state index contributed by atoms with van der Waals surface area (Å²) in [6.45, 7) is 3.91. The molecule has 21 nitrogen and oxygen atoms in total. The number of ether oxygens (including phenoxy) is 18. The van der Waals surface area contributed by atoms with Crippen LogP contribution >= 0.6 is 0 Å². The second-order valence-corrected chi connectivity index (χ2v) is 19.6. The number of esters is 3. The van der Waals surface area contributed by atoms with Gasteiger partial charge in [-0.1, -0.05) is 18.2 Å². The van der Waals surface area contributed by atoms with Gasteiger partial charge in [0, 0.05) is 96.0 Å². The summed E-state index contributed by atoms with van der Waals surface area (Å²) in [7, 11) is 18.1. The molecule has 21 heteroatoms. The van der Waals surface area contributed by atoms with E-state index >= 15 is 0 Å². The first-order valence-electron chi connectivity index (χ1n) is 26.6. The monoisotopic (exact) mass is 1160 g/mol. The molecule has 3 heterocycles. The van der Waals surface area contributed by atoms with Crippen molar-refractivity contribution in [3.63, 3.8) is 0 Å². The molecule has 8 atom stereocenters. The van der Waals surface area contributed by atoms with Gasteiger partial charge in [0.25, 0.3) is 0 Å². The van der Waals surface area contributed by atoms with Crippen molar-refractivity contribution in [1.29, 1.82) is 0 Å². The van der Waals surface area contributed by atoms with E-state index in [9.17, 15) is 14.4 Å². The lowest BCUT2D eigenvalue weighted by Gasteiger charge is -2.44. The molecule has 0 spiro atoms. The molecule has 0 bridgehead atoms. The Bertz CT molecular complexity index is 3450. The van der Waals surface area contributed by atoms with Gasteiger partial charge in [-0.15, -0.1) is 0 Å². The van der Waals surface area contributed by atoms with Crippen LogP contribution in [0.4, 0.5) is 0 Å². The van der Waals surface area contributed by atoms with E-state index in [2.05, 4.69) is 0 Å². The molecule has 84 heavy (non-hydrogen) atoms. The van der Waals surface area contributed by atoms with E-state index in [1.807, 2.05) is 0 Å². The first-order chi connectivity index (χ1) is 40.6. The van der Waals surface area contributed by atoms with Crippen molar-refractivity contribution in [1.82, 2.24) is 0 Å². The van der Waals surface area contributed by atoms with Crippen molar-refractivity contribution >= 4 is 17.9 Å². The number of benzene rings is 6. The maximum Gasteiger partial charge on any atom is 0.303 e. The lowest BCUT2D eigenvalue weighted by atomic mass is 9.73. The Kier molecular flexibility index (Phi) is 17.7. The summed E-state index contributed by atoms with van der Waals surface area (Å²) in [6, 6.07) is 22.5. The largest absolute Gasteiger partial charge is 0.496 e. The average molecular weight is 1160 g/mol. The Morgan fingerprint density at radius 3 is 1.21 bits per heavy atom. The van der Waals surface area contributed by atoms with Gasteiger partial charge in [-0.25, -0.2) is 0 Å². The van der Waals surface area contributed by atoms with E-state index < -0.39 is 66.4 Å². The van der Waals surface area contributed by atoms with E-state index in [1.54, 1.807) is 78.9 Å². The van der Waals surface area contributed by atoms with Crippen LogP contribution in [0.15, 0.2) is 78.9 Å². The number of rotatable bonds is 20. The van der Waals surface area contributed by atoms with Crippen LogP contribution in [-0.4, -0.2) is 122 Å². The third-order valence-electron chi connectivity index (χ3n) is 15.1. The molecule has 0 radical (unpaired) electrons. The Morgan fingerprint density at radius 1 is 0.369 bits per heavy atom. The molecule has 446 valence electrons. The standard InChI is InChI=1S/C63H68O21/c1-30(64)79-50-27-37-41(71-8)28-46(76-13)52(60(37)84-57(50)33-16-19-38(68-5)42(22-33)72-9)56-54-49(83-59(63(56)81-32(3)66)35-18-21-40(70-7)44(24-35)74-11)29-47(77-14)53(61(54)78-15)55-51-45(75-12)25-36(67-4)26-48(51)82-58(62(55)80-31(2)65)34-17-20-39(69-6)43(23-34)73-10/h16-26,28-29,50,55-59,62-63H,27H2,1-15H3/t50-,55+,56-,57+,58+,59+,62+,63+/m0/s1. The van der Waals surface area contributed by atoms with Crippen LogP contribution in [0.25, 0.3) is 0 Å². The normalized spacial score (nSPS) is 20.0. The lowest BCUT2D eigenvalue weighted by molar-refractivity contribution is -0.154. The van der Waals surface area contributed by atoms with Crippen molar-refractivity contribution in [3.8, 4) is 86.2 Å². The van der Waals surface area contributed by atoms with E-state index in [1.165, 1.54) is 106 Å². The van der Waals surface area contributed by atoms with Gasteiger partial charge in [-0.3, -0.25) is 14.4 Å². The molecule has 3 aliphatic rings. The molecular formula is C63H68O21. The average Bonchev–Trinajstić information content (AvgIpc) is 1.15. The molecular weight excluding hydrogens is 1090 g/mol. The SMILES string of the molecule is COc1cc(OC)c2c(c1)O[C@H](c1ccc(OC)c(OC)c1)[C@H](OC(C)=O)[C@H]2c1c(OC)cc2c(c1OC)[C@H](c1c(OC)cc(OC)c3c1O[C@H](c1ccc(OC)c(OC)c1)[C@@H](OC(C)=O)C3)[C@@H](OC(C)=O)[C@@H](c1ccc(OC)c(OC)c1)O2. The van der Waals surface area contributed by atoms with Crippen LogP contribution in [0, 0.1) is 0 Å². The van der Waals surface area contributed by atoms with Crippen LogP contribution in [0.3, 0.4) is 0 Å². The molecule has 6 aromatic rings. The van der Waals surface area contributed by atoms with Gasteiger partial charge in [0.05, 0.1) is 97.2 Å². The predicted molar refractivity (Wildman–Crippen MR) is 301 cm³/mol. The summed E-state index contributed by atoms with van der Waals surface area (Å²) >= 11 is 0. The number of carbonyl (C=O) groups excluding carboxylic acids is 3. The highest BCUT2D eigenvalue weighted by atomic mass is 16.6. The molecule has 6 aromatic carbocycles. The van der Waals surface area contributed by atoms with Gasteiger partial charge in [0.1, 0.15) is 57.8 Å². The summed E-state index contributed by atoms with van der Waals surface area (Å²) < 4.78 is 113. The van der Waals surface area contributed by atoms with Crippen molar-refractivity contribution in [2.24, 2.45) is 0 Å². The van der Waals surface area contributed by atoms with Crippen LogP contribution in [0.2, 0.25) is 0 Å². The third-order valence-corrected chi connectivity index (χ3v) is 15.1. The maximum atomic E-state index is 14.0. The highest BCUT2D eigenvalue weighted by molar-refractivity contribution is 5.74. The molecule has 0 aromatic heterocycles. The van der Waals surface area contributed by atoms with Crippen LogP contribution in [-0.2, 0) is 35.0 Å². The summed E-state index contributed by atoms with van der Waals surface area (Å²) in [5.41, 5.74) is 3.45. The fraction of sp³-hybridized carbons (Fsp3) is 0.381. The minimum atomic E-state index is -1.33. The van der Waals surface area contributed by atoms with Gasteiger partial charge in [-0.2, -0.15) is 0 Å². The first-order valence-corrected chi connectivity index (χ1v) is 26.6. The zero-order valence-electron chi connectivity index (χ0n) is 49.4. The minimum Gasteiger partial charge on any atom is -0.496 e. The number of hydrogen-bond donors (Lipinski definition) is 0. The molecule has 0 aliphatic carbocycles. The number of carbonyl (C=O) groups is 3. The fourth-order valence-electron chi connectivity index (χ4n) is 11.7. The summed E-state index contributed by atoms with van der Waals surface area (Å²) in [5.74, 6) is 0.541. The van der Waals surface area contributed by atoms with Gasteiger partial charge in [-0.05, 0) is 36.4 Å². The van der Waals surface area contributed by atoms with Crippen LogP contribution in [0.5, 0.6) is 86.2 Å². The molecule has 0 N–H and O–H groups in total. The summed E-state index contributed by atoms with van der Waals surface area (Å²) in [4.78, 5) is 40.9. The third kappa shape index (κ3) is 10.8. The highest BCUT2D eigenvalue weighted by Crippen LogP contribution is 2.63. The van der Waals surface area contributed by atoms with Crippen molar-refractivity contribution in [2.45, 2.75) is 75.7 Å². The molecule has 3 aliphatic heterocycles. The summed E-state index contributed by atoms with van der Waals surface area (Å²) in [5, 5.41) is 0. The van der Waals surface area contributed by atoms with Crippen molar-refractivity contribution < 1.29 is 99.6 Å². The second kappa shape index (κ2) is 25.1. The van der Waals surface area contributed by atoms with Crippen LogP contribution < -0.4 is 71.1 Å². The lowest BCUT2D eigenvalue weighted by Crippen LogP contribution is -2.41. The predicted octanol–water partition coefficient (Wildman–Crippen LogP) is 9.79. The minimum absolute atomic E-state index is 0.0518. The van der Waals surface area contributed by atoms with E-state index in [0.29, 0.717) is 102 Å². The van der Waals surface area contributed by atoms with E-state index in [4.69, 9.17) is 85.3 Å². The molecule has 0 saturated heterocycles. The van der Waals surface area contributed by atoms with E-state index in [-0.39, 0.29) is 35.2 Å². The quantitative estimate of drug-likeness (QED) is 0.0513. The van der Waals surface area contributed by atoms with E-state index in [0.717, 1.165) is 0 Å². The Labute approximate surface area is 486 Å². The molecule has 0 saturated carbocycles. The Morgan fingerprint density at radius 2 is 0.786 bits per heavy atom. The summed E-state index contributed by atoms with van der Waals surface area (Å²) in [6.07, 6.45) is -6.69. The second-order valence-electron chi connectivity index (χ2n) is 19.6. The van der Waals surface area contributed by atoms with Crippen molar-refractivity contribution in [3.05, 3.63) is 123 Å². The zero-order chi connectivity index (χ0) is 60.3. The molecule has 0 amide bonds. The fourth-order valence-corrected chi connectivity index (χ4v) is 11.7. The molecule has 9 rings (SSSR count). The first kappa shape index (κ1) is 59.4. The Hall–Kier alpha value is -9.27. The number of fused-ring (bicyclic) bond motifs is 3. The van der Waals surface area contributed by atoms with Gasteiger partial charge in [0.2, 0.25) is 0 Å². The topological polar surface area (TPSA) is 217 Å². The maximum absolute atomic E-state index is 14.0. The molecule has 0 unspecified atom stereocenters.